The molecule has 1 fully saturated rings. The number of amides is 1. The van der Waals surface area contributed by atoms with Crippen LogP contribution in [-0.4, -0.2) is 41.4 Å². The van der Waals surface area contributed by atoms with E-state index in [1.54, 1.807) is 11.0 Å². The molecule has 1 saturated heterocycles. The Hall–Kier alpha value is -2.12. The first-order valence-corrected chi connectivity index (χ1v) is 6.76. The summed E-state index contributed by atoms with van der Waals surface area (Å²) >= 11 is 0. The monoisotopic (exact) mass is 325 g/mol. The Morgan fingerprint density at radius 1 is 1.45 bits per heavy atom. The minimum Gasteiger partial charge on any atom is -0.451 e. The molecule has 0 saturated carbocycles. The number of piperazine rings is 1. The van der Waals surface area contributed by atoms with Gasteiger partial charge in [0.15, 0.2) is 5.76 Å². The molecule has 1 aliphatic rings. The summed E-state index contributed by atoms with van der Waals surface area (Å²) in [5.41, 5.74) is 0.463. The molecular formula is C14H16ClN3O4. The summed E-state index contributed by atoms with van der Waals surface area (Å²) in [6, 6.07) is 5.96. The summed E-state index contributed by atoms with van der Waals surface area (Å²) in [5, 5.41) is 14.6. The highest BCUT2D eigenvalue weighted by Crippen LogP contribution is 2.25. The van der Waals surface area contributed by atoms with Crippen LogP contribution in [0.4, 0.5) is 5.69 Å². The average molecular weight is 326 g/mol. The van der Waals surface area contributed by atoms with Gasteiger partial charge in [-0.1, -0.05) is 0 Å². The number of rotatable bonds is 2. The quantitative estimate of drug-likeness (QED) is 0.675. The maximum Gasteiger partial charge on any atom is 0.289 e. The molecule has 0 radical (unpaired) electrons. The van der Waals surface area contributed by atoms with E-state index in [0.717, 1.165) is 13.1 Å². The van der Waals surface area contributed by atoms with Gasteiger partial charge in [0.2, 0.25) is 0 Å². The van der Waals surface area contributed by atoms with Crippen LogP contribution in [0.2, 0.25) is 0 Å². The van der Waals surface area contributed by atoms with E-state index in [9.17, 15) is 14.9 Å². The summed E-state index contributed by atoms with van der Waals surface area (Å²) in [6.07, 6.45) is 0. The number of nitro benzene ring substituents is 1. The second-order valence-electron chi connectivity index (χ2n) is 5.14. The molecule has 8 heteroatoms. The van der Waals surface area contributed by atoms with E-state index in [1.165, 1.54) is 18.2 Å². The third kappa shape index (κ3) is 2.90. The Morgan fingerprint density at radius 2 is 2.23 bits per heavy atom. The lowest BCUT2D eigenvalue weighted by Gasteiger charge is -2.33. The van der Waals surface area contributed by atoms with Crippen LogP contribution in [0, 0.1) is 10.1 Å². The molecule has 1 N–H and O–H groups in total. The summed E-state index contributed by atoms with van der Waals surface area (Å²) in [4.78, 5) is 24.5. The van der Waals surface area contributed by atoms with E-state index in [4.69, 9.17) is 4.42 Å². The maximum atomic E-state index is 12.5. The SMILES string of the molecule is C[C@H]1CNCCN1C(=O)c1cc2cc([N+](=O)[O-])ccc2o1.Cl. The van der Waals surface area contributed by atoms with E-state index < -0.39 is 4.92 Å². The molecule has 1 atom stereocenters. The van der Waals surface area contributed by atoms with E-state index in [-0.39, 0.29) is 35.8 Å². The van der Waals surface area contributed by atoms with Crippen LogP contribution in [0.5, 0.6) is 0 Å². The molecular weight excluding hydrogens is 310 g/mol. The molecule has 0 aliphatic carbocycles. The van der Waals surface area contributed by atoms with Gasteiger partial charge < -0.3 is 14.6 Å². The average Bonchev–Trinajstić information content (AvgIpc) is 2.89. The molecule has 1 aliphatic heterocycles. The van der Waals surface area contributed by atoms with Crippen molar-refractivity contribution in [1.82, 2.24) is 10.2 Å². The zero-order valence-electron chi connectivity index (χ0n) is 11.9. The van der Waals surface area contributed by atoms with Gasteiger partial charge in [-0.3, -0.25) is 14.9 Å². The number of carbonyl (C=O) groups is 1. The molecule has 1 aromatic carbocycles. The second kappa shape index (κ2) is 6.33. The fraction of sp³-hybridized carbons (Fsp3) is 0.357. The topological polar surface area (TPSA) is 88.6 Å². The number of nitrogens with one attached hydrogen (secondary N) is 1. The van der Waals surface area contributed by atoms with Crippen molar-refractivity contribution in [2.24, 2.45) is 0 Å². The molecule has 0 unspecified atom stereocenters. The van der Waals surface area contributed by atoms with Crippen LogP contribution in [0.25, 0.3) is 11.0 Å². The number of furan rings is 1. The minimum absolute atomic E-state index is 0. The van der Waals surface area contributed by atoms with Gasteiger partial charge in [-0.2, -0.15) is 0 Å². The first-order valence-electron chi connectivity index (χ1n) is 6.76. The van der Waals surface area contributed by atoms with Gasteiger partial charge in [0.1, 0.15) is 5.58 Å². The molecule has 118 valence electrons. The fourth-order valence-corrected chi connectivity index (χ4v) is 2.53. The maximum absolute atomic E-state index is 12.5. The van der Waals surface area contributed by atoms with Gasteiger partial charge >= 0.3 is 0 Å². The number of benzene rings is 1. The van der Waals surface area contributed by atoms with Crippen molar-refractivity contribution >= 4 is 35.0 Å². The van der Waals surface area contributed by atoms with Crippen LogP contribution in [0.3, 0.4) is 0 Å². The summed E-state index contributed by atoms with van der Waals surface area (Å²) < 4.78 is 5.53. The molecule has 2 heterocycles. The number of carbonyl (C=O) groups excluding carboxylic acids is 1. The lowest BCUT2D eigenvalue weighted by molar-refractivity contribution is -0.384. The Kier molecular flexibility index (Phi) is 4.68. The molecule has 0 spiro atoms. The lowest BCUT2D eigenvalue weighted by Crippen LogP contribution is -2.52. The zero-order valence-corrected chi connectivity index (χ0v) is 12.8. The standard InChI is InChI=1S/C14H15N3O4.ClH/c1-9-8-15-4-5-16(9)14(18)13-7-10-6-11(17(19)20)2-3-12(10)21-13;/h2-3,6-7,9,15H,4-5,8H2,1H3;1H/t9-;/m0./s1. The van der Waals surface area contributed by atoms with Crippen LogP contribution >= 0.6 is 12.4 Å². The van der Waals surface area contributed by atoms with Crippen molar-refractivity contribution in [3.05, 3.63) is 40.1 Å². The second-order valence-corrected chi connectivity index (χ2v) is 5.14. The highest BCUT2D eigenvalue weighted by atomic mass is 35.5. The van der Waals surface area contributed by atoms with E-state index in [0.29, 0.717) is 17.5 Å². The smallest absolute Gasteiger partial charge is 0.289 e. The number of hydrogen-bond acceptors (Lipinski definition) is 5. The molecule has 1 amide bonds. The van der Waals surface area contributed by atoms with Gasteiger partial charge in [-0.25, -0.2) is 0 Å². The molecule has 22 heavy (non-hydrogen) atoms. The Morgan fingerprint density at radius 3 is 2.91 bits per heavy atom. The van der Waals surface area contributed by atoms with Crippen molar-refractivity contribution < 1.29 is 14.1 Å². The predicted molar refractivity (Wildman–Crippen MR) is 83.5 cm³/mol. The normalized spacial score (nSPS) is 18.0. The highest BCUT2D eigenvalue weighted by Gasteiger charge is 2.26. The molecule has 1 aromatic heterocycles. The zero-order chi connectivity index (χ0) is 15.0. The van der Waals surface area contributed by atoms with E-state index >= 15 is 0 Å². The number of fused-ring (bicyclic) bond motifs is 1. The van der Waals surface area contributed by atoms with Gasteiger partial charge in [-0.15, -0.1) is 12.4 Å². The van der Waals surface area contributed by atoms with E-state index in [2.05, 4.69) is 5.32 Å². The molecule has 3 rings (SSSR count). The summed E-state index contributed by atoms with van der Waals surface area (Å²) in [6.45, 7) is 4.09. The van der Waals surface area contributed by atoms with Crippen molar-refractivity contribution in [3.63, 3.8) is 0 Å². The largest absolute Gasteiger partial charge is 0.451 e. The van der Waals surface area contributed by atoms with Crippen molar-refractivity contribution in [3.8, 4) is 0 Å². The van der Waals surface area contributed by atoms with E-state index in [1.807, 2.05) is 6.92 Å². The first-order chi connectivity index (χ1) is 10.1. The van der Waals surface area contributed by atoms with Crippen molar-refractivity contribution in [2.75, 3.05) is 19.6 Å². The lowest BCUT2D eigenvalue weighted by atomic mass is 10.2. The van der Waals surface area contributed by atoms with Gasteiger partial charge in [0.25, 0.3) is 11.6 Å². The van der Waals surface area contributed by atoms with Crippen LogP contribution in [-0.2, 0) is 0 Å². The van der Waals surface area contributed by atoms with Crippen LogP contribution in [0.1, 0.15) is 17.5 Å². The van der Waals surface area contributed by atoms with Crippen molar-refractivity contribution in [2.45, 2.75) is 13.0 Å². The summed E-state index contributed by atoms with van der Waals surface area (Å²) in [5.74, 6) is 0.0436. The van der Waals surface area contributed by atoms with Gasteiger partial charge in [0.05, 0.1) is 4.92 Å². The Bertz CT molecular complexity index is 715. The fourth-order valence-electron chi connectivity index (χ4n) is 2.53. The number of nitrogens with zero attached hydrogens (tertiary/aromatic N) is 2. The first kappa shape index (κ1) is 16.3. The van der Waals surface area contributed by atoms with Crippen molar-refractivity contribution in [1.29, 1.82) is 0 Å². The third-order valence-electron chi connectivity index (χ3n) is 3.68. The Balaban J connectivity index is 0.00000176. The van der Waals surface area contributed by atoms with Gasteiger partial charge in [0, 0.05) is 43.2 Å². The number of nitro groups is 1. The van der Waals surface area contributed by atoms with Gasteiger partial charge in [-0.05, 0) is 19.1 Å². The minimum atomic E-state index is -0.466. The van der Waals surface area contributed by atoms with Crippen LogP contribution in [0.15, 0.2) is 28.7 Å². The van der Waals surface area contributed by atoms with Crippen LogP contribution < -0.4 is 5.32 Å². The third-order valence-corrected chi connectivity index (χ3v) is 3.68. The number of halogens is 1. The molecule has 2 aromatic rings. The highest BCUT2D eigenvalue weighted by molar-refractivity contribution is 5.96. The predicted octanol–water partition coefficient (Wildman–Crippen LogP) is 2.20. The number of non-ortho nitro benzene ring substituents is 1. The summed E-state index contributed by atoms with van der Waals surface area (Å²) in [7, 11) is 0. The number of hydrogen-bond donors (Lipinski definition) is 1. The Labute approximate surface area is 132 Å². The molecule has 7 nitrogen and oxygen atoms in total. The molecule has 0 bridgehead atoms.